The molecule has 2 amide bonds. The zero-order chi connectivity index (χ0) is 25.8. The Kier molecular flexibility index (Phi) is 7.65. The van der Waals surface area contributed by atoms with Gasteiger partial charge in [-0.1, -0.05) is 47.7 Å². The average Bonchev–Trinajstić information content (AvgIpc) is 3.16. The second kappa shape index (κ2) is 10.9. The van der Waals surface area contributed by atoms with Crippen LogP contribution in [-0.2, 0) is 9.59 Å². The van der Waals surface area contributed by atoms with Crippen LogP contribution in [0.15, 0.2) is 68.0 Å². The van der Waals surface area contributed by atoms with Gasteiger partial charge in [-0.05, 0) is 36.9 Å². The zero-order valence-corrected chi connectivity index (χ0v) is 21.0. The van der Waals surface area contributed by atoms with Crippen LogP contribution in [0.1, 0.15) is 29.2 Å². The molecule has 0 radical (unpaired) electrons. The van der Waals surface area contributed by atoms with Crippen LogP contribution in [0.5, 0.6) is 5.88 Å². The maximum Gasteiger partial charge on any atom is 0.328 e. The molecule has 10 nitrogen and oxygen atoms in total. The molecule has 4 rings (SSSR count). The number of anilines is 1. The molecule has 1 fully saturated rings. The number of hydrogen-bond donors (Lipinski definition) is 5. The van der Waals surface area contributed by atoms with Gasteiger partial charge in [0, 0.05) is 17.0 Å². The number of carbonyl (C=O) groups excluding carboxylic acids is 2. The number of amides is 2. The fourth-order valence-corrected chi connectivity index (χ4v) is 5.05. The lowest BCUT2D eigenvalue weighted by Crippen LogP contribution is -2.29. The number of nitrogens with one attached hydrogen (secondary N) is 4. The van der Waals surface area contributed by atoms with Crippen molar-refractivity contribution in [2.24, 2.45) is 4.99 Å². The van der Waals surface area contributed by atoms with Crippen molar-refractivity contribution < 1.29 is 14.7 Å². The van der Waals surface area contributed by atoms with Crippen LogP contribution in [0.3, 0.4) is 0 Å². The molecule has 2 aromatic carbocycles. The average molecular weight is 526 g/mol. The lowest BCUT2D eigenvalue weighted by atomic mass is 10.00. The van der Waals surface area contributed by atoms with Crippen molar-refractivity contribution in [2.75, 3.05) is 11.6 Å². The molecule has 1 saturated heterocycles. The van der Waals surface area contributed by atoms with Crippen LogP contribution in [-0.4, -0.2) is 43.6 Å². The van der Waals surface area contributed by atoms with Crippen molar-refractivity contribution in [2.45, 2.75) is 29.5 Å². The lowest BCUT2D eigenvalue weighted by Gasteiger charge is -2.14. The minimum Gasteiger partial charge on any atom is -0.494 e. The molecule has 36 heavy (non-hydrogen) atoms. The van der Waals surface area contributed by atoms with E-state index in [1.807, 2.05) is 43.5 Å². The molecule has 186 valence electrons. The van der Waals surface area contributed by atoms with Gasteiger partial charge in [-0.3, -0.25) is 24.4 Å². The zero-order valence-electron chi connectivity index (χ0n) is 19.3. The Morgan fingerprint density at radius 3 is 2.61 bits per heavy atom. The molecule has 0 saturated carbocycles. The normalized spacial score (nSPS) is 17.1. The van der Waals surface area contributed by atoms with Crippen LogP contribution in [0.4, 0.5) is 5.69 Å². The van der Waals surface area contributed by atoms with Crippen molar-refractivity contribution in [3.05, 3.63) is 86.1 Å². The predicted octanol–water partition coefficient (Wildman–Crippen LogP) is 2.50. The standard InChI is InChI=1S/C24H23N5O5S2/c1-12-6-8-13(9-7-12)19(18-21(32)27-23(34)28-22(18)33)26-24-29-20(31)16(36-24)11-17(30)25-14-4-3-5-15(10-14)35-2/h3-10,16,19H,11H2,1-2H3,(H,25,30)(H,26,29,31)(H3,27,28,32,33,34). The molecule has 0 aliphatic carbocycles. The number of thioether (sulfide) groups is 2. The number of H-pyrrole nitrogens is 2. The minimum absolute atomic E-state index is 0.0846. The highest BCUT2D eigenvalue weighted by Gasteiger charge is 2.33. The van der Waals surface area contributed by atoms with Crippen LogP contribution in [0.25, 0.3) is 0 Å². The van der Waals surface area contributed by atoms with Gasteiger partial charge in [-0.25, -0.2) is 9.79 Å². The Morgan fingerprint density at radius 1 is 1.17 bits per heavy atom. The van der Waals surface area contributed by atoms with E-state index in [4.69, 9.17) is 0 Å². The first-order chi connectivity index (χ1) is 17.2. The molecule has 2 unspecified atom stereocenters. The van der Waals surface area contributed by atoms with Gasteiger partial charge in [0.25, 0.3) is 5.56 Å². The number of nitrogens with zero attached hydrogens (tertiary/aromatic N) is 1. The Labute approximate surface area is 214 Å². The second-order valence-electron chi connectivity index (χ2n) is 8.00. The number of aromatic amines is 2. The molecular formula is C24H23N5O5S2. The van der Waals surface area contributed by atoms with Gasteiger partial charge in [0.15, 0.2) is 5.17 Å². The fourth-order valence-electron chi connectivity index (χ4n) is 3.59. The quantitative estimate of drug-likeness (QED) is 0.297. The smallest absolute Gasteiger partial charge is 0.328 e. The Balaban J connectivity index is 1.57. The molecule has 0 bridgehead atoms. The van der Waals surface area contributed by atoms with Crippen molar-refractivity contribution in [1.82, 2.24) is 15.3 Å². The van der Waals surface area contributed by atoms with Crippen molar-refractivity contribution in [3.8, 4) is 5.88 Å². The van der Waals surface area contributed by atoms with Crippen LogP contribution in [0, 0.1) is 6.92 Å². The second-order valence-corrected chi connectivity index (χ2v) is 10.1. The van der Waals surface area contributed by atoms with Gasteiger partial charge in [0.2, 0.25) is 17.7 Å². The summed E-state index contributed by atoms with van der Waals surface area (Å²) in [7, 11) is 0. The van der Waals surface area contributed by atoms with Crippen molar-refractivity contribution >= 4 is 46.2 Å². The topological polar surface area (TPSA) is 157 Å². The summed E-state index contributed by atoms with van der Waals surface area (Å²) in [4.78, 5) is 59.1. The summed E-state index contributed by atoms with van der Waals surface area (Å²) in [5.41, 5.74) is 0.346. The number of benzene rings is 2. The number of hydrogen-bond acceptors (Lipinski definition) is 8. The number of aryl methyl sites for hydroxylation is 1. The fraction of sp³-hybridized carbons (Fsp3) is 0.208. The summed E-state index contributed by atoms with van der Waals surface area (Å²) < 4.78 is 0. The van der Waals surface area contributed by atoms with Crippen molar-refractivity contribution in [1.29, 1.82) is 0 Å². The number of carbonyl (C=O) groups is 2. The number of aromatic nitrogens is 2. The van der Waals surface area contributed by atoms with Crippen LogP contribution < -0.4 is 21.9 Å². The van der Waals surface area contributed by atoms with E-state index >= 15 is 0 Å². The molecule has 5 N–H and O–H groups in total. The summed E-state index contributed by atoms with van der Waals surface area (Å²) in [6.45, 7) is 1.90. The number of amidine groups is 1. The monoisotopic (exact) mass is 525 g/mol. The number of aliphatic imine (C=N–C) groups is 1. The maximum atomic E-state index is 12.6. The highest BCUT2D eigenvalue weighted by molar-refractivity contribution is 8.15. The molecule has 2 atom stereocenters. The molecule has 1 aliphatic rings. The molecular weight excluding hydrogens is 502 g/mol. The van der Waals surface area contributed by atoms with Gasteiger partial charge in [0.1, 0.15) is 16.9 Å². The van der Waals surface area contributed by atoms with E-state index in [0.29, 0.717) is 11.3 Å². The minimum atomic E-state index is -1.02. The third-order valence-electron chi connectivity index (χ3n) is 5.37. The van der Waals surface area contributed by atoms with E-state index in [1.165, 1.54) is 0 Å². The molecule has 1 aliphatic heterocycles. The molecule has 12 heteroatoms. The van der Waals surface area contributed by atoms with Crippen molar-refractivity contribution in [3.63, 3.8) is 0 Å². The van der Waals surface area contributed by atoms with E-state index in [-0.39, 0.29) is 23.1 Å². The first kappa shape index (κ1) is 25.3. The maximum absolute atomic E-state index is 12.6. The van der Waals surface area contributed by atoms with E-state index in [9.17, 15) is 24.3 Å². The van der Waals surface area contributed by atoms with E-state index in [0.717, 1.165) is 22.2 Å². The summed E-state index contributed by atoms with van der Waals surface area (Å²) in [6.07, 6.45) is 1.85. The molecule has 0 spiro atoms. The third kappa shape index (κ3) is 5.89. The lowest BCUT2D eigenvalue weighted by molar-refractivity contribution is -0.122. The Hall–Kier alpha value is -3.77. The largest absolute Gasteiger partial charge is 0.494 e. The molecule has 2 heterocycles. The van der Waals surface area contributed by atoms with E-state index < -0.39 is 34.3 Å². The summed E-state index contributed by atoms with van der Waals surface area (Å²) >= 11 is 2.61. The third-order valence-corrected chi connectivity index (χ3v) is 7.19. The van der Waals surface area contributed by atoms with Crippen LogP contribution >= 0.6 is 23.5 Å². The Bertz CT molecular complexity index is 1450. The van der Waals surface area contributed by atoms with Gasteiger partial charge in [0.05, 0.1) is 0 Å². The van der Waals surface area contributed by atoms with Crippen LogP contribution in [0.2, 0.25) is 0 Å². The Morgan fingerprint density at radius 2 is 1.92 bits per heavy atom. The first-order valence-electron chi connectivity index (χ1n) is 10.8. The highest BCUT2D eigenvalue weighted by Crippen LogP contribution is 2.32. The number of aromatic hydroxyl groups is 1. The first-order valence-corrected chi connectivity index (χ1v) is 12.9. The van der Waals surface area contributed by atoms with E-state index in [2.05, 4.69) is 25.6 Å². The predicted molar refractivity (Wildman–Crippen MR) is 141 cm³/mol. The summed E-state index contributed by atoms with van der Waals surface area (Å²) in [5.74, 6) is -1.34. The summed E-state index contributed by atoms with van der Waals surface area (Å²) in [6, 6.07) is 13.5. The summed E-state index contributed by atoms with van der Waals surface area (Å²) in [5, 5.41) is 15.3. The highest BCUT2D eigenvalue weighted by atomic mass is 32.2. The van der Waals surface area contributed by atoms with E-state index in [1.54, 1.807) is 30.0 Å². The van der Waals surface area contributed by atoms with Gasteiger partial charge >= 0.3 is 5.69 Å². The number of rotatable bonds is 7. The van der Waals surface area contributed by atoms with Gasteiger partial charge in [-0.2, -0.15) is 0 Å². The molecule has 3 aromatic rings. The van der Waals surface area contributed by atoms with Gasteiger partial charge in [-0.15, -0.1) is 11.8 Å². The SMILES string of the molecule is CSc1cccc(NC(=O)CC2SC(=NC(c3ccc(C)cc3)c3c(O)[nH]c(=O)[nH]c3=O)NC2=O)c1. The van der Waals surface area contributed by atoms with Gasteiger partial charge < -0.3 is 15.7 Å². The molecule has 1 aromatic heterocycles.